The summed E-state index contributed by atoms with van der Waals surface area (Å²) in [5.74, 6) is 5.33. The van der Waals surface area contributed by atoms with E-state index in [0.29, 0.717) is 25.3 Å². The van der Waals surface area contributed by atoms with Gasteiger partial charge < -0.3 is 15.2 Å². The molecule has 0 saturated carbocycles. The number of carbonyl (C=O) groups is 1. The van der Waals surface area contributed by atoms with Gasteiger partial charge in [-0.15, -0.1) is 0 Å². The molecule has 0 spiro atoms. The second-order valence-electron chi connectivity index (χ2n) is 4.04. The fraction of sp³-hybridized carbons (Fsp3) is 0.400. The van der Waals surface area contributed by atoms with Crippen LogP contribution in [0.4, 0.5) is 5.69 Å². The smallest absolute Gasteiger partial charge is 0.226 e. The third-order valence-corrected chi connectivity index (χ3v) is 2.35. The van der Waals surface area contributed by atoms with Crippen LogP contribution in [0, 0.1) is 18.8 Å². The van der Waals surface area contributed by atoms with Gasteiger partial charge in [-0.2, -0.15) is 0 Å². The summed E-state index contributed by atoms with van der Waals surface area (Å²) < 4.78 is 5.13. The van der Waals surface area contributed by atoms with Crippen molar-refractivity contribution in [1.82, 2.24) is 0 Å². The number of hydrogen-bond acceptors (Lipinski definition) is 3. The zero-order valence-electron chi connectivity index (χ0n) is 11.3. The van der Waals surface area contributed by atoms with Crippen molar-refractivity contribution in [2.24, 2.45) is 0 Å². The molecular weight excluding hydrogens is 242 g/mol. The molecule has 0 heterocycles. The van der Waals surface area contributed by atoms with Gasteiger partial charge in [0.1, 0.15) is 6.61 Å². The number of benzene rings is 1. The molecule has 0 saturated heterocycles. The average Bonchev–Trinajstić information content (AvgIpc) is 2.36. The van der Waals surface area contributed by atoms with Crippen molar-refractivity contribution in [2.75, 3.05) is 25.1 Å². The Balaban J connectivity index is 2.67. The van der Waals surface area contributed by atoms with E-state index in [0.717, 1.165) is 11.1 Å². The van der Waals surface area contributed by atoms with E-state index >= 15 is 0 Å². The maximum absolute atomic E-state index is 11.7. The lowest BCUT2D eigenvalue weighted by Crippen LogP contribution is -2.14. The highest BCUT2D eigenvalue weighted by Crippen LogP contribution is 2.14. The van der Waals surface area contributed by atoms with Gasteiger partial charge >= 0.3 is 0 Å². The zero-order valence-corrected chi connectivity index (χ0v) is 11.3. The van der Waals surface area contributed by atoms with E-state index in [1.54, 1.807) is 6.07 Å². The van der Waals surface area contributed by atoms with Crippen LogP contribution in [0.25, 0.3) is 0 Å². The lowest BCUT2D eigenvalue weighted by atomic mass is 10.1. The van der Waals surface area contributed by atoms with Crippen molar-refractivity contribution in [3.05, 3.63) is 29.3 Å². The Kier molecular flexibility index (Phi) is 6.65. The molecular formula is C15H19NO3. The number of aryl methyl sites for hydroxylation is 1. The molecule has 1 aromatic rings. The van der Waals surface area contributed by atoms with Gasteiger partial charge in [0.15, 0.2) is 0 Å². The van der Waals surface area contributed by atoms with E-state index in [-0.39, 0.29) is 12.5 Å². The minimum atomic E-state index is -0.177. The van der Waals surface area contributed by atoms with Gasteiger partial charge in [0.2, 0.25) is 5.91 Å². The lowest BCUT2D eigenvalue weighted by Gasteiger charge is -2.07. The van der Waals surface area contributed by atoms with Crippen molar-refractivity contribution in [1.29, 1.82) is 0 Å². The Morgan fingerprint density at radius 3 is 2.89 bits per heavy atom. The van der Waals surface area contributed by atoms with E-state index in [2.05, 4.69) is 17.2 Å². The quantitative estimate of drug-likeness (QED) is 0.626. The SMILES string of the molecule is CCOCCC(=O)Nc1cc(C)cc(C#CCO)c1. The number of ether oxygens (including phenoxy) is 1. The third-order valence-electron chi connectivity index (χ3n) is 2.35. The number of hydrogen-bond donors (Lipinski definition) is 2. The van der Waals surface area contributed by atoms with Crippen LogP contribution in [0.5, 0.6) is 0 Å². The molecule has 0 bridgehead atoms. The summed E-state index contributed by atoms with van der Waals surface area (Å²) in [6.45, 7) is 4.68. The van der Waals surface area contributed by atoms with Crippen LogP contribution in [0.2, 0.25) is 0 Å². The van der Waals surface area contributed by atoms with Gasteiger partial charge in [0.05, 0.1) is 13.0 Å². The normalized spacial score (nSPS) is 9.63. The molecule has 19 heavy (non-hydrogen) atoms. The first kappa shape index (κ1) is 15.2. The second kappa shape index (κ2) is 8.30. The Morgan fingerprint density at radius 1 is 1.42 bits per heavy atom. The second-order valence-corrected chi connectivity index (χ2v) is 4.04. The third kappa shape index (κ3) is 6.05. The van der Waals surface area contributed by atoms with Gasteiger partial charge in [-0.1, -0.05) is 11.8 Å². The molecule has 4 heteroatoms. The van der Waals surface area contributed by atoms with Crippen molar-refractivity contribution >= 4 is 11.6 Å². The Bertz CT molecular complexity index is 486. The number of amides is 1. The minimum absolute atomic E-state index is 0.0832. The first-order chi connectivity index (χ1) is 9.15. The van der Waals surface area contributed by atoms with E-state index in [1.165, 1.54) is 0 Å². The standard InChI is InChI=1S/C15H19NO3/c1-3-19-8-6-15(18)16-14-10-12(2)9-13(11-14)5-4-7-17/h9-11,17H,3,6-8H2,1-2H3,(H,16,18). The van der Waals surface area contributed by atoms with Crippen LogP contribution in [-0.2, 0) is 9.53 Å². The summed E-state index contributed by atoms with van der Waals surface area (Å²) in [4.78, 5) is 11.7. The molecule has 1 aromatic carbocycles. The monoisotopic (exact) mass is 261 g/mol. The topological polar surface area (TPSA) is 58.6 Å². The maximum atomic E-state index is 11.7. The van der Waals surface area contributed by atoms with Crippen molar-refractivity contribution in [2.45, 2.75) is 20.3 Å². The first-order valence-electron chi connectivity index (χ1n) is 6.24. The number of anilines is 1. The average molecular weight is 261 g/mol. The molecule has 102 valence electrons. The molecule has 1 rings (SSSR count). The molecule has 1 amide bonds. The highest BCUT2D eigenvalue weighted by molar-refractivity contribution is 5.91. The minimum Gasteiger partial charge on any atom is -0.384 e. The molecule has 0 radical (unpaired) electrons. The molecule has 0 aromatic heterocycles. The predicted octanol–water partition coefficient (Wildman–Crippen LogP) is 1.70. The fourth-order valence-corrected chi connectivity index (χ4v) is 1.60. The molecule has 4 nitrogen and oxygen atoms in total. The van der Waals surface area contributed by atoms with Crippen molar-refractivity contribution in [3.8, 4) is 11.8 Å². The number of rotatable bonds is 5. The van der Waals surface area contributed by atoms with Gasteiger partial charge in [-0.05, 0) is 37.6 Å². The Labute approximate surface area is 113 Å². The number of carbonyl (C=O) groups excluding carboxylic acids is 1. The molecule has 0 fully saturated rings. The fourth-order valence-electron chi connectivity index (χ4n) is 1.60. The molecule has 2 N–H and O–H groups in total. The summed E-state index contributed by atoms with van der Waals surface area (Å²) in [6, 6.07) is 5.56. The highest BCUT2D eigenvalue weighted by atomic mass is 16.5. The van der Waals surface area contributed by atoms with E-state index < -0.39 is 0 Å². The largest absolute Gasteiger partial charge is 0.384 e. The molecule has 0 unspecified atom stereocenters. The van der Waals surface area contributed by atoms with Crippen LogP contribution in [0.3, 0.4) is 0 Å². The Morgan fingerprint density at radius 2 is 2.21 bits per heavy atom. The van der Waals surface area contributed by atoms with Gasteiger partial charge in [0, 0.05) is 17.9 Å². The zero-order chi connectivity index (χ0) is 14.1. The first-order valence-corrected chi connectivity index (χ1v) is 6.24. The molecule has 0 aliphatic heterocycles. The van der Waals surface area contributed by atoms with E-state index in [1.807, 2.05) is 26.0 Å². The van der Waals surface area contributed by atoms with Gasteiger partial charge in [0.25, 0.3) is 0 Å². The van der Waals surface area contributed by atoms with E-state index in [4.69, 9.17) is 9.84 Å². The number of aliphatic hydroxyl groups excluding tert-OH is 1. The highest BCUT2D eigenvalue weighted by Gasteiger charge is 2.03. The summed E-state index contributed by atoms with van der Waals surface area (Å²) in [5.41, 5.74) is 2.49. The number of aliphatic hydroxyl groups is 1. The van der Waals surface area contributed by atoms with Crippen LogP contribution in [-0.4, -0.2) is 30.8 Å². The van der Waals surface area contributed by atoms with Crippen LogP contribution in [0.1, 0.15) is 24.5 Å². The van der Waals surface area contributed by atoms with Crippen molar-refractivity contribution < 1.29 is 14.6 Å². The van der Waals surface area contributed by atoms with Gasteiger partial charge in [-0.25, -0.2) is 0 Å². The maximum Gasteiger partial charge on any atom is 0.226 e. The summed E-state index contributed by atoms with van der Waals surface area (Å²) in [5, 5.41) is 11.5. The van der Waals surface area contributed by atoms with Crippen molar-refractivity contribution in [3.63, 3.8) is 0 Å². The summed E-state index contributed by atoms with van der Waals surface area (Å²) in [7, 11) is 0. The molecule has 0 aliphatic rings. The molecule has 0 aliphatic carbocycles. The lowest BCUT2D eigenvalue weighted by molar-refractivity contribution is -0.117. The van der Waals surface area contributed by atoms with Crippen LogP contribution >= 0.6 is 0 Å². The molecule has 0 atom stereocenters. The predicted molar refractivity (Wildman–Crippen MR) is 74.9 cm³/mol. The Hall–Kier alpha value is -1.83. The van der Waals surface area contributed by atoms with Gasteiger partial charge in [-0.3, -0.25) is 4.79 Å². The summed E-state index contributed by atoms with van der Waals surface area (Å²) in [6.07, 6.45) is 0.333. The summed E-state index contributed by atoms with van der Waals surface area (Å²) >= 11 is 0. The van der Waals surface area contributed by atoms with E-state index in [9.17, 15) is 4.79 Å². The number of nitrogens with one attached hydrogen (secondary N) is 1. The van der Waals surface area contributed by atoms with Crippen LogP contribution < -0.4 is 5.32 Å². The van der Waals surface area contributed by atoms with Crippen LogP contribution in [0.15, 0.2) is 18.2 Å².